The van der Waals surface area contributed by atoms with Crippen LogP contribution in [0.1, 0.15) is 16.8 Å². The SMILES string of the molecule is C=CCOC1O[C@H](CO)C[C@H](O)[C@H]1NC(=O)c1cccc(-c2ccccc2)c1. The van der Waals surface area contributed by atoms with Crippen molar-refractivity contribution in [3.8, 4) is 11.1 Å². The van der Waals surface area contributed by atoms with Gasteiger partial charge < -0.3 is 25.0 Å². The van der Waals surface area contributed by atoms with Crippen LogP contribution in [0.4, 0.5) is 0 Å². The van der Waals surface area contributed by atoms with E-state index in [4.69, 9.17) is 9.47 Å². The van der Waals surface area contributed by atoms with Crippen molar-refractivity contribution < 1.29 is 24.5 Å². The van der Waals surface area contributed by atoms with Gasteiger partial charge in [-0.25, -0.2) is 0 Å². The summed E-state index contributed by atoms with van der Waals surface area (Å²) in [5, 5.41) is 22.6. The third-order valence-corrected chi connectivity index (χ3v) is 4.65. The summed E-state index contributed by atoms with van der Waals surface area (Å²) in [6, 6.07) is 16.3. The highest BCUT2D eigenvalue weighted by molar-refractivity contribution is 5.95. The molecule has 148 valence electrons. The topological polar surface area (TPSA) is 88.0 Å². The van der Waals surface area contributed by atoms with Crippen LogP contribution in [0.15, 0.2) is 67.3 Å². The van der Waals surface area contributed by atoms with E-state index in [1.807, 2.05) is 42.5 Å². The second-order valence-corrected chi connectivity index (χ2v) is 6.68. The van der Waals surface area contributed by atoms with Crippen molar-refractivity contribution in [3.05, 3.63) is 72.8 Å². The molecule has 0 spiro atoms. The van der Waals surface area contributed by atoms with Crippen LogP contribution in [0.5, 0.6) is 0 Å². The van der Waals surface area contributed by atoms with Crippen molar-refractivity contribution in [2.45, 2.75) is 31.0 Å². The number of rotatable bonds is 7. The number of benzene rings is 2. The summed E-state index contributed by atoms with van der Waals surface area (Å²) in [6.45, 7) is 3.56. The largest absolute Gasteiger partial charge is 0.394 e. The lowest BCUT2D eigenvalue weighted by Gasteiger charge is -2.39. The Labute approximate surface area is 164 Å². The third-order valence-electron chi connectivity index (χ3n) is 4.65. The molecule has 2 aromatic rings. The van der Waals surface area contributed by atoms with Crippen LogP contribution in [0.2, 0.25) is 0 Å². The minimum absolute atomic E-state index is 0.200. The smallest absolute Gasteiger partial charge is 0.251 e. The van der Waals surface area contributed by atoms with Crippen LogP contribution >= 0.6 is 0 Å². The van der Waals surface area contributed by atoms with Gasteiger partial charge in [0.05, 0.1) is 25.4 Å². The Morgan fingerprint density at radius 2 is 1.96 bits per heavy atom. The number of hydrogen-bond donors (Lipinski definition) is 3. The van der Waals surface area contributed by atoms with E-state index >= 15 is 0 Å². The maximum absolute atomic E-state index is 12.8. The Kier molecular flexibility index (Phi) is 6.95. The molecular formula is C22H25NO5. The van der Waals surface area contributed by atoms with Crippen LogP contribution in [0.25, 0.3) is 11.1 Å². The predicted molar refractivity (Wildman–Crippen MR) is 106 cm³/mol. The summed E-state index contributed by atoms with van der Waals surface area (Å²) in [5.41, 5.74) is 2.41. The Morgan fingerprint density at radius 1 is 1.21 bits per heavy atom. The lowest BCUT2D eigenvalue weighted by Crippen LogP contribution is -2.58. The van der Waals surface area contributed by atoms with Crippen molar-refractivity contribution in [3.63, 3.8) is 0 Å². The molecule has 3 N–H and O–H groups in total. The van der Waals surface area contributed by atoms with Crippen LogP contribution in [0, 0.1) is 0 Å². The van der Waals surface area contributed by atoms with Gasteiger partial charge in [-0.3, -0.25) is 4.79 Å². The van der Waals surface area contributed by atoms with Gasteiger partial charge in [-0.15, -0.1) is 6.58 Å². The maximum atomic E-state index is 12.8. The molecule has 3 rings (SSSR count). The second kappa shape index (κ2) is 9.61. The molecule has 0 aromatic heterocycles. The van der Waals surface area contributed by atoms with E-state index < -0.39 is 24.5 Å². The number of carbonyl (C=O) groups is 1. The zero-order valence-electron chi connectivity index (χ0n) is 15.5. The highest BCUT2D eigenvalue weighted by Crippen LogP contribution is 2.23. The molecule has 1 fully saturated rings. The summed E-state index contributed by atoms with van der Waals surface area (Å²) < 4.78 is 11.2. The van der Waals surface area contributed by atoms with Gasteiger partial charge in [-0.1, -0.05) is 48.5 Å². The monoisotopic (exact) mass is 383 g/mol. The summed E-state index contributed by atoms with van der Waals surface area (Å²) >= 11 is 0. The van der Waals surface area contributed by atoms with Crippen molar-refractivity contribution in [1.82, 2.24) is 5.32 Å². The van der Waals surface area contributed by atoms with Gasteiger partial charge in [0.25, 0.3) is 5.91 Å². The highest BCUT2D eigenvalue weighted by atomic mass is 16.7. The van der Waals surface area contributed by atoms with E-state index in [-0.39, 0.29) is 25.5 Å². The molecule has 1 aliphatic rings. The summed E-state index contributed by atoms with van der Waals surface area (Å²) in [4.78, 5) is 12.8. The predicted octanol–water partition coefficient (Wildman–Crippen LogP) is 2.12. The van der Waals surface area contributed by atoms with E-state index in [1.165, 1.54) is 0 Å². The number of ether oxygens (including phenoxy) is 2. The minimum atomic E-state index is -0.901. The average Bonchev–Trinajstić information content (AvgIpc) is 2.74. The fourth-order valence-corrected chi connectivity index (χ4v) is 3.22. The quantitative estimate of drug-likeness (QED) is 0.638. The van der Waals surface area contributed by atoms with Crippen LogP contribution < -0.4 is 5.32 Å². The molecule has 0 saturated carbocycles. The molecule has 1 heterocycles. The maximum Gasteiger partial charge on any atom is 0.251 e. The van der Waals surface area contributed by atoms with Gasteiger partial charge in [0.15, 0.2) is 6.29 Å². The Hall–Kier alpha value is -2.51. The fourth-order valence-electron chi connectivity index (χ4n) is 3.22. The van der Waals surface area contributed by atoms with E-state index in [2.05, 4.69) is 11.9 Å². The number of amides is 1. The first kappa shape index (κ1) is 20.2. The van der Waals surface area contributed by atoms with E-state index in [9.17, 15) is 15.0 Å². The van der Waals surface area contributed by atoms with Gasteiger partial charge in [0, 0.05) is 12.0 Å². The molecule has 0 bridgehead atoms. The summed E-state index contributed by atoms with van der Waals surface area (Å²) in [6.07, 6.45) is -0.554. The molecule has 4 atom stereocenters. The van der Waals surface area contributed by atoms with Crippen LogP contribution in [0.3, 0.4) is 0 Å². The number of hydrogen-bond acceptors (Lipinski definition) is 5. The molecule has 6 heteroatoms. The highest BCUT2D eigenvalue weighted by Gasteiger charge is 2.39. The van der Waals surface area contributed by atoms with Crippen LogP contribution in [-0.2, 0) is 9.47 Å². The van der Waals surface area contributed by atoms with E-state index in [0.29, 0.717) is 5.56 Å². The zero-order valence-corrected chi connectivity index (χ0v) is 15.5. The molecule has 1 saturated heterocycles. The molecule has 1 amide bonds. The first-order valence-electron chi connectivity index (χ1n) is 9.25. The Morgan fingerprint density at radius 3 is 2.68 bits per heavy atom. The van der Waals surface area contributed by atoms with Crippen molar-refractivity contribution in [1.29, 1.82) is 0 Å². The molecular weight excluding hydrogens is 358 g/mol. The van der Waals surface area contributed by atoms with Gasteiger partial charge in [0.2, 0.25) is 0 Å². The number of aliphatic hydroxyl groups is 2. The standard InChI is InChI=1S/C22H25NO5/c1-2-11-27-22-20(19(25)13-18(14-24)28-22)23-21(26)17-10-6-9-16(12-17)15-7-4-3-5-8-15/h2-10,12,18-20,22,24-25H,1,11,13-14H2,(H,23,26)/t18-,19-,20+,22?/m0/s1. The van der Waals surface area contributed by atoms with E-state index in [1.54, 1.807) is 18.2 Å². The number of nitrogens with one attached hydrogen (secondary N) is 1. The van der Waals surface area contributed by atoms with Crippen molar-refractivity contribution in [2.24, 2.45) is 0 Å². The third kappa shape index (κ3) is 4.85. The molecule has 1 unspecified atom stereocenters. The van der Waals surface area contributed by atoms with Crippen LogP contribution in [-0.4, -0.2) is 53.9 Å². The first-order valence-corrected chi connectivity index (χ1v) is 9.25. The normalized spacial score (nSPS) is 24.5. The molecule has 2 aromatic carbocycles. The first-order chi connectivity index (χ1) is 13.6. The van der Waals surface area contributed by atoms with Gasteiger partial charge in [-0.05, 0) is 23.3 Å². The number of carbonyl (C=O) groups excluding carboxylic acids is 1. The Balaban J connectivity index is 1.76. The van der Waals surface area contributed by atoms with Crippen molar-refractivity contribution >= 4 is 5.91 Å². The number of aliphatic hydroxyl groups excluding tert-OH is 2. The Bertz CT molecular complexity index is 795. The molecule has 0 aliphatic carbocycles. The molecule has 6 nitrogen and oxygen atoms in total. The lowest BCUT2D eigenvalue weighted by molar-refractivity contribution is -0.231. The van der Waals surface area contributed by atoms with Gasteiger partial charge in [-0.2, -0.15) is 0 Å². The summed E-state index contributed by atoms with van der Waals surface area (Å²) in [7, 11) is 0. The van der Waals surface area contributed by atoms with Gasteiger partial charge in [0.1, 0.15) is 6.04 Å². The van der Waals surface area contributed by atoms with E-state index in [0.717, 1.165) is 11.1 Å². The molecule has 1 aliphatic heterocycles. The molecule has 28 heavy (non-hydrogen) atoms. The minimum Gasteiger partial charge on any atom is -0.394 e. The zero-order chi connectivity index (χ0) is 19.9. The fraction of sp³-hybridized carbons (Fsp3) is 0.318. The second-order valence-electron chi connectivity index (χ2n) is 6.68. The van der Waals surface area contributed by atoms with Gasteiger partial charge >= 0.3 is 0 Å². The summed E-state index contributed by atoms with van der Waals surface area (Å²) in [5.74, 6) is -0.333. The van der Waals surface area contributed by atoms with Crippen molar-refractivity contribution in [2.75, 3.05) is 13.2 Å². The average molecular weight is 383 g/mol. The molecule has 0 radical (unpaired) electrons. The lowest BCUT2D eigenvalue weighted by atomic mass is 9.99.